The van der Waals surface area contributed by atoms with E-state index in [1.807, 2.05) is 31.2 Å². The highest BCUT2D eigenvalue weighted by molar-refractivity contribution is 8.18. The molecule has 0 aliphatic carbocycles. The van der Waals surface area contributed by atoms with Gasteiger partial charge in [0.25, 0.3) is 5.91 Å². The molecule has 1 heterocycles. The Hall–Kier alpha value is -2.21. The Balaban J connectivity index is 1.88. The van der Waals surface area contributed by atoms with Crippen molar-refractivity contribution in [2.45, 2.75) is 13.3 Å². The number of amidine groups is 1. The fourth-order valence-electron chi connectivity index (χ4n) is 2.66. The van der Waals surface area contributed by atoms with E-state index in [0.29, 0.717) is 39.0 Å². The van der Waals surface area contributed by atoms with Crippen LogP contribution >= 0.6 is 35.0 Å². The van der Waals surface area contributed by atoms with Crippen LogP contribution in [0.1, 0.15) is 18.9 Å². The summed E-state index contributed by atoms with van der Waals surface area (Å²) in [4.78, 5) is 19.9. The Labute approximate surface area is 184 Å². The van der Waals surface area contributed by atoms with E-state index in [9.17, 15) is 4.79 Å². The summed E-state index contributed by atoms with van der Waals surface area (Å²) in [5.41, 5.74) is 1.57. The lowest BCUT2D eigenvalue weighted by atomic mass is 10.2. The molecule has 1 fully saturated rings. The van der Waals surface area contributed by atoms with Gasteiger partial charge in [-0.1, -0.05) is 48.8 Å². The van der Waals surface area contributed by atoms with Crippen LogP contribution in [0, 0.1) is 0 Å². The first-order valence-corrected chi connectivity index (χ1v) is 10.7. The molecule has 0 radical (unpaired) electrons. The Kier molecular flexibility index (Phi) is 7.42. The fraction of sp³-hybridized carbons (Fsp3) is 0.182. The topological polar surface area (TPSA) is 41.9 Å². The largest absolute Gasteiger partial charge is 0.488 e. The number of amides is 1. The fourth-order valence-corrected chi connectivity index (χ4v) is 4.06. The maximum Gasteiger partial charge on any atom is 0.266 e. The number of halogens is 2. The van der Waals surface area contributed by atoms with E-state index in [1.165, 1.54) is 11.8 Å². The summed E-state index contributed by atoms with van der Waals surface area (Å²) in [5.74, 6) is 0.518. The van der Waals surface area contributed by atoms with Gasteiger partial charge in [0.15, 0.2) is 5.17 Å². The predicted octanol–water partition coefficient (Wildman–Crippen LogP) is 6.57. The first-order valence-electron chi connectivity index (χ1n) is 9.10. The van der Waals surface area contributed by atoms with Crippen molar-refractivity contribution in [1.29, 1.82) is 0 Å². The number of thioether (sulfide) groups is 1. The van der Waals surface area contributed by atoms with E-state index in [2.05, 4.69) is 11.6 Å². The summed E-state index contributed by atoms with van der Waals surface area (Å²) < 4.78 is 5.49. The van der Waals surface area contributed by atoms with Crippen molar-refractivity contribution in [3.8, 4) is 5.75 Å². The van der Waals surface area contributed by atoms with Gasteiger partial charge in [-0.2, -0.15) is 0 Å². The smallest absolute Gasteiger partial charge is 0.266 e. The quantitative estimate of drug-likeness (QED) is 0.356. The Morgan fingerprint density at radius 1 is 1.21 bits per heavy atom. The third-order valence-electron chi connectivity index (χ3n) is 4.00. The number of nitrogens with zero attached hydrogens (tertiary/aromatic N) is 2. The molecule has 4 nitrogen and oxygen atoms in total. The lowest BCUT2D eigenvalue weighted by Crippen LogP contribution is -2.29. The van der Waals surface area contributed by atoms with Gasteiger partial charge in [-0.05, 0) is 66.2 Å². The number of carbonyl (C=O) groups is 1. The molecule has 2 aromatic rings. The van der Waals surface area contributed by atoms with Crippen molar-refractivity contribution in [2.75, 3.05) is 13.2 Å². The summed E-state index contributed by atoms with van der Waals surface area (Å²) in [6.07, 6.45) is 4.31. The van der Waals surface area contributed by atoms with Crippen LogP contribution < -0.4 is 4.74 Å². The second-order valence-corrected chi connectivity index (χ2v) is 8.08. The zero-order chi connectivity index (χ0) is 20.8. The Morgan fingerprint density at radius 3 is 2.62 bits per heavy atom. The number of aliphatic imine (C=N–C) groups is 1. The number of ether oxygens (including phenoxy) is 1. The third kappa shape index (κ3) is 5.44. The molecule has 1 amide bonds. The second-order valence-electron chi connectivity index (χ2n) is 6.23. The molecule has 150 valence electrons. The van der Waals surface area contributed by atoms with Crippen LogP contribution in [0.2, 0.25) is 10.0 Å². The SMILES string of the molecule is C=CCOc1ccc(/C=C2\SC(=Nc3ccc(Cl)cc3)N(CCC)C2=O)cc1Cl. The minimum absolute atomic E-state index is 0.0623. The molecule has 0 aromatic heterocycles. The van der Waals surface area contributed by atoms with E-state index in [1.54, 1.807) is 35.2 Å². The predicted molar refractivity (Wildman–Crippen MR) is 123 cm³/mol. The summed E-state index contributed by atoms with van der Waals surface area (Å²) in [6, 6.07) is 12.6. The van der Waals surface area contributed by atoms with E-state index >= 15 is 0 Å². The monoisotopic (exact) mass is 446 g/mol. The first kappa shape index (κ1) is 21.5. The molecule has 0 bridgehead atoms. The minimum atomic E-state index is -0.0623. The molecule has 1 saturated heterocycles. The van der Waals surface area contributed by atoms with Crippen molar-refractivity contribution < 1.29 is 9.53 Å². The Bertz CT molecular complexity index is 971. The maximum absolute atomic E-state index is 12.9. The Morgan fingerprint density at radius 2 is 1.97 bits per heavy atom. The van der Waals surface area contributed by atoms with Crippen LogP contribution in [0.15, 0.2) is 65.0 Å². The highest BCUT2D eigenvalue weighted by atomic mass is 35.5. The number of rotatable bonds is 7. The molecule has 0 atom stereocenters. The summed E-state index contributed by atoms with van der Waals surface area (Å²) >= 11 is 13.6. The van der Waals surface area contributed by atoms with Crippen LogP contribution in [-0.4, -0.2) is 29.1 Å². The van der Waals surface area contributed by atoms with Crippen LogP contribution in [-0.2, 0) is 4.79 Å². The van der Waals surface area contributed by atoms with E-state index in [0.717, 1.165) is 17.7 Å². The number of carbonyl (C=O) groups excluding carboxylic acids is 1. The summed E-state index contributed by atoms with van der Waals surface area (Å²) in [5, 5.41) is 1.78. The molecule has 0 unspecified atom stereocenters. The zero-order valence-electron chi connectivity index (χ0n) is 15.9. The lowest BCUT2D eigenvalue weighted by molar-refractivity contribution is -0.122. The van der Waals surface area contributed by atoms with Crippen molar-refractivity contribution in [3.05, 3.63) is 75.6 Å². The highest BCUT2D eigenvalue weighted by Crippen LogP contribution is 2.35. The van der Waals surface area contributed by atoms with Gasteiger partial charge in [-0.25, -0.2) is 4.99 Å². The molecular formula is C22H20Cl2N2O2S. The van der Waals surface area contributed by atoms with E-state index < -0.39 is 0 Å². The number of hydrogen-bond acceptors (Lipinski definition) is 4. The second kappa shape index (κ2) is 10.0. The minimum Gasteiger partial charge on any atom is -0.488 e. The molecular weight excluding hydrogens is 427 g/mol. The molecule has 2 aromatic carbocycles. The van der Waals surface area contributed by atoms with Gasteiger partial charge in [0.05, 0.1) is 15.6 Å². The normalized spacial score (nSPS) is 16.7. The molecule has 7 heteroatoms. The van der Waals surface area contributed by atoms with E-state index in [-0.39, 0.29) is 5.91 Å². The first-order chi connectivity index (χ1) is 14.0. The van der Waals surface area contributed by atoms with Crippen LogP contribution in [0.25, 0.3) is 6.08 Å². The van der Waals surface area contributed by atoms with Gasteiger partial charge in [0.2, 0.25) is 0 Å². The van der Waals surface area contributed by atoms with Gasteiger partial charge >= 0.3 is 0 Å². The zero-order valence-corrected chi connectivity index (χ0v) is 18.2. The highest BCUT2D eigenvalue weighted by Gasteiger charge is 2.32. The van der Waals surface area contributed by atoms with Crippen molar-refractivity contribution in [2.24, 2.45) is 4.99 Å². The molecule has 1 aliphatic heterocycles. The van der Waals surface area contributed by atoms with Crippen LogP contribution in [0.5, 0.6) is 5.75 Å². The average Bonchev–Trinajstić information content (AvgIpc) is 2.98. The summed E-state index contributed by atoms with van der Waals surface area (Å²) in [6.45, 7) is 6.63. The van der Waals surface area contributed by atoms with Crippen LogP contribution in [0.3, 0.4) is 0 Å². The van der Waals surface area contributed by atoms with Gasteiger partial charge in [-0.15, -0.1) is 0 Å². The van der Waals surface area contributed by atoms with Crippen molar-refractivity contribution in [3.63, 3.8) is 0 Å². The van der Waals surface area contributed by atoms with Gasteiger partial charge in [0.1, 0.15) is 12.4 Å². The van der Waals surface area contributed by atoms with Crippen molar-refractivity contribution in [1.82, 2.24) is 4.90 Å². The molecule has 3 rings (SSSR count). The van der Waals surface area contributed by atoms with Gasteiger partial charge in [0, 0.05) is 11.6 Å². The standard InChI is InChI=1S/C22H20Cl2N2O2S/c1-3-11-26-21(27)20(29-22(26)25-17-8-6-16(23)7-9-17)14-15-5-10-19(18(24)13-15)28-12-4-2/h4-10,13-14H,2-3,11-12H2,1H3/b20-14-,25-22?. The molecule has 0 spiro atoms. The molecule has 29 heavy (non-hydrogen) atoms. The number of benzene rings is 2. The summed E-state index contributed by atoms with van der Waals surface area (Å²) in [7, 11) is 0. The van der Waals surface area contributed by atoms with Crippen molar-refractivity contribution >= 4 is 57.8 Å². The van der Waals surface area contributed by atoms with Gasteiger partial charge < -0.3 is 4.74 Å². The maximum atomic E-state index is 12.9. The lowest BCUT2D eigenvalue weighted by Gasteiger charge is -2.13. The molecule has 0 saturated carbocycles. The van der Waals surface area contributed by atoms with Crippen LogP contribution in [0.4, 0.5) is 5.69 Å². The molecule has 0 N–H and O–H groups in total. The molecule has 1 aliphatic rings. The number of hydrogen-bond donors (Lipinski definition) is 0. The van der Waals surface area contributed by atoms with Gasteiger partial charge in [-0.3, -0.25) is 9.69 Å². The third-order valence-corrected chi connectivity index (χ3v) is 5.55. The van der Waals surface area contributed by atoms with E-state index in [4.69, 9.17) is 27.9 Å². The average molecular weight is 447 g/mol.